The van der Waals surface area contributed by atoms with E-state index in [1.54, 1.807) is 0 Å². The Bertz CT molecular complexity index is 233. The average Bonchev–Trinajstić information content (AvgIpc) is 2.66. The summed E-state index contributed by atoms with van der Waals surface area (Å²) in [5.41, 5.74) is 0.0918. The quantitative estimate of drug-likeness (QED) is 0.781. The topological polar surface area (TPSA) is 41.1 Å². The second-order valence-electron chi connectivity index (χ2n) is 5.30. The lowest BCUT2D eigenvalue weighted by atomic mass is 9.95. The van der Waals surface area contributed by atoms with E-state index in [2.05, 4.69) is 17.6 Å². The van der Waals surface area contributed by atoms with E-state index in [9.17, 15) is 4.79 Å². The Morgan fingerprint density at radius 1 is 1.31 bits per heavy atom. The first-order chi connectivity index (χ1) is 7.20. The van der Waals surface area contributed by atoms with Crippen LogP contribution in [0.3, 0.4) is 0 Å². The largest absolute Gasteiger partial charge is 0.351 e. The highest BCUT2D eigenvalue weighted by atomic mass is 35.5. The highest BCUT2D eigenvalue weighted by molar-refractivity contribution is 5.85. The normalized spacial score (nSPS) is 28.2. The predicted molar refractivity (Wildman–Crippen MR) is 67.9 cm³/mol. The number of nitrogens with one attached hydrogen (secondary N) is 2. The van der Waals surface area contributed by atoms with Crippen LogP contribution in [0.1, 0.15) is 45.4 Å². The van der Waals surface area contributed by atoms with Crippen LogP contribution in [0.25, 0.3) is 0 Å². The van der Waals surface area contributed by atoms with E-state index < -0.39 is 0 Å². The summed E-state index contributed by atoms with van der Waals surface area (Å²) < 4.78 is 0. The van der Waals surface area contributed by atoms with Crippen molar-refractivity contribution in [2.45, 2.75) is 51.0 Å². The first kappa shape index (κ1) is 13.8. The van der Waals surface area contributed by atoms with Crippen molar-refractivity contribution in [3.05, 3.63) is 0 Å². The van der Waals surface area contributed by atoms with Crippen LogP contribution in [0.2, 0.25) is 0 Å². The minimum Gasteiger partial charge on any atom is -0.351 e. The zero-order chi connectivity index (χ0) is 10.7. The van der Waals surface area contributed by atoms with Crippen LogP contribution in [0.4, 0.5) is 0 Å². The smallest absolute Gasteiger partial charge is 0.224 e. The molecule has 3 nitrogen and oxygen atoms in total. The molecule has 0 bridgehead atoms. The molecular weight excluding hydrogens is 224 g/mol. The molecule has 0 spiro atoms. The average molecular weight is 247 g/mol. The summed E-state index contributed by atoms with van der Waals surface area (Å²) in [5, 5.41) is 6.54. The van der Waals surface area contributed by atoms with E-state index in [-0.39, 0.29) is 29.8 Å². The van der Waals surface area contributed by atoms with Gasteiger partial charge < -0.3 is 10.6 Å². The molecule has 0 radical (unpaired) electrons. The van der Waals surface area contributed by atoms with Gasteiger partial charge in [-0.05, 0) is 39.2 Å². The molecule has 1 aliphatic heterocycles. The van der Waals surface area contributed by atoms with Gasteiger partial charge in [0, 0.05) is 12.1 Å². The molecule has 2 N–H and O–H groups in total. The fraction of sp³-hybridized carbons (Fsp3) is 0.917. The fourth-order valence-corrected chi connectivity index (χ4v) is 2.76. The molecule has 0 aromatic carbocycles. The summed E-state index contributed by atoms with van der Waals surface area (Å²) in [5.74, 6) is 0.475. The van der Waals surface area contributed by atoms with Crippen LogP contribution in [0.15, 0.2) is 0 Å². The Morgan fingerprint density at radius 3 is 2.56 bits per heavy atom. The van der Waals surface area contributed by atoms with Crippen molar-refractivity contribution in [3.8, 4) is 0 Å². The van der Waals surface area contributed by atoms with Gasteiger partial charge >= 0.3 is 0 Å². The monoisotopic (exact) mass is 246 g/mol. The Kier molecular flexibility index (Phi) is 5.06. The van der Waals surface area contributed by atoms with E-state index in [1.807, 2.05) is 0 Å². The maximum Gasteiger partial charge on any atom is 0.224 e. The summed E-state index contributed by atoms with van der Waals surface area (Å²) in [6.07, 6.45) is 7.01. The van der Waals surface area contributed by atoms with E-state index in [0.717, 1.165) is 38.8 Å². The second kappa shape index (κ2) is 5.87. The third-order valence-electron chi connectivity index (χ3n) is 3.80. The zero-order valence-corrected chi connectivity index (χ0v) is 10.9. The van der Waals surface area contributed by atoms with Gasteiger partial charge in [0.1, 0.15) is 0 Å². The standard InChI is InChI=1S/C12H22N2O.ClH/c1-12(6-2-3-7-12)14-11(15)10-5-4-8-13-9-10;/h10,13H,2-9H2,1H3,(H,14,15);1H/t10-;/m1./s1. The third kappa shape index (κ3) is 3.36. The number of hydrogen-bond acceptors (Lipinski definition) is 2. The number of rotatable bonds is 2. The van der Waals surface area contributed by atoms with Gasteiger partial charge in [0.05, 0.1) is 5.92 Å². The van der Waals surface area contributed by atoms with Crippen LogP contribution in [-0.2, 0) is 4.79 Å². The van der Waals surface area contributed by atoms with Crippen LogP contribution in [0, 0.1) is 5.92 Å². The Hall–Kier alpha value is -0.280. The van der Waals surface area contributed by atoms with E-state index in [1.165, 1.54) is 12.8 Å². The van der Waals surface area contributed by atoms with E-state index in [4.69, 9.17) is 0 Å². The van der Waals surface area contributed by atoms with E-state index in [0.29, 0.717) is 0 Å². The molecule has 94 valence electrons. The van der Waals surface area contributed by atoms with Crippen molar-refractivity contribution >= 4 is 18.3 Å². The first-order valence-electron chi connectivity index (χ1n) is 6.22. The lowest BCUT2D eigenvalue weighted by Crippen LogP contribution is -2.49. The Morgan fingerprint density at radius 2 is 2.00 bits per heavy atom. The highest BCUT2D eigenvalue weighted by Crippen LogP contribution is 2.29. The van der Waals surface area contributed by atoms with Gasteiger partial charge in [-0.1, -0.05) is 12.8 Å². The summed E-state index contributed by atoms with van der Waals surface area (Å²) in [6, 6.07) is 0. The van der Waals surface area contributed by atoms with Crippen molar-refractivity contribution in [1.29, 1.82) is 0 Å². The Labute approximate surface area is 104 Å². The molecular formula is C12H23ClN2O. The molecule has 1 saturated heterocycles. The van der Waals surface area contributed by atoms with Crippen LogP contribution < -0.4 is 10.6 Å². The molecule has 2 fully saturated rings. The molecule has 1 heterocycles. The SMILES string of the molecule is CC1(NC(=O)[C@@H]2CCCNC2)CCCC1.Cl. The molecule has 0 aromatic rings. The van der Waals surface area contributed by atoms with Crippen LogP contribution >= 0.6 is 12.4 Å². The van der Waals surface area contributed by atoms with Gasteiger partial charge in [-0.15, -0.1) is 12.4 Å². The highest BCUT2D eigenvalue weighted by Gasteiger charge is 2.32. The number of amides is 1. The minimum absolute atomic E-state index is 0. The lowest BCUT2D eigenvalue weighted by molar-refractivity contribution is -0.127. The van der Waals surface area contributed by atoms with Crippen molar-refractivity contribution in [2.75, 3.05) is 13.1 Å². The molecule has 0 unspecified atom stereocenters. The number of carbonyl (C=O) groups is 1. The molecule has 1 amide bonds. The summed E-state index contributed by atoms with van der Waals surface area (Å²) in [7, 11) is 0. The first-order valence-corrected chi connectivity index (χ1v) is 6.22. The maximum absolute atomic E-state index is 12.0. The molecule has 1 saturated carbocycles. The van der Waals surface area contributed by atoms with Crippen molar-refractivity contribution < 1.29 is 4.79 Å². The molecule has 1 aliphatic carbocycles. The van der Waals surface area contributed by atoms with Crippen LogP contribution in [-0.4, -0.2) is 24.5 Å². The molecule has 4 heteroatoms. The predicted octanol–water partition coefficient (Wildman–Crippen LogP) is 1.86. The summed E-state index contributed by atoms with van der Waals surface area (Å²) >= 11 is 0. The molecule has 1 atom stereocenters. The van der Waals surface area contributed by atoms with Gasteiger partial charge in [-0.3, -0.25) is 4.79 Å². The lowest BCUT2D eigenvalue weighted by Gasteiger charge is -2.29. The van der Waals surface area contributed by atoms with Crippen molar-refractivity contribution in [2.24, 2.45) is 5.92 Å². The number of piperidine rings is 1. The number of halogens is 1. The second-order valence-corrected chi connectivity index (χ2v) is 5.30. The fourth-order valence-electron chi connectivity index (χ4n) is 2.76. The summed E-state index contributed by atoms with van der Waals surface area (Å²) in [6.45, 7) is 4.12. The van der Waals surface area contributed by atoms with Crippen molar-refractivity contribution in [3.63, 3.8) is 0 Å². The number of carbonyl (C=O) groups excluding carboxylic acids is 1. The maximum atomic E-state index is 12.0. The van der Waals surface area contributed by atoms with Gasteiger partial charge in [-0.2, -0.15) is 0 Å². The summed E-state index contributed by atoms with van der Waals surface area (Å²) in [4.78, 5) is 12.0. The van der Waals surface area contributed by atoms with Crippen LogP contribution in [0.5, 0.6) is 0 Å². The van der Waals surface area contributed by atoms with E-state index >= 15 is 0 Å². The van der Waals surface area contributed by atoms with Crippen molar-refractivity contribution in [1.82, 2.24) is 10.6 Å². The zero-order valence-electron chi connectivity index (χ0n) is 10.1. The molecule has 2 rings (SSSR count). The minimum atomic E-state index is 0. The Balaban J connectivity index is 0.00000128. The number of hydrogen-bond donors (Lipinski definition) is 2. The van der Waals surface area contributed by atoms with Gasteiger partial charge in [0.2, 0.25) is 5.91 Å². The van der Waals surface area contributed by atoms with Gasteiger partial charge in [0.15, 0.2) is 0 Å². The van der Waals surface area contributed by atoms with Gasteiger partial charge in [-0.25, -0.2) is 0 Å². The molecule has 2 aliphatic rings. The molecule has 16 heavy (non-hydrogen) atoms. The van der Waals surface area contributed by atoms with Gasteiger partial charge in [0.25, 0.3) is 0 Å². The third-order valence-corrected chi connectivity index (χ3v) is 3.80. The molecule has 0 aromatic heterocycles.